The van der Waals surface area contributed by atoms with Crippen molar-refractivity contribution >= 4 is 0 Å². The Kier molecular flexibility index (Phi) is 3.95. The Balaban J connectivity index is 1.59. The van der Waals surface area contributed by atoms with Crippen LogP contribution >= 0.6 is 0 Å². The molecule has 2 aromatic carbocycles. The second-order valence-corrected chi connectivity index (χ2v) is 5.33. The minimum absolute atomic E-state index is 0.550. The van der Waals surface area contributed by atoms with Crippen molar-refractivity contribution in [2.75, 3.05) is 6.54 Å². The summed E-state index contributed by atoms with van der Waals surface area (Å²) in [6.07, 6.45) is 4.83. The molecule has 0 radical (unpaired) electrons. The number of benzene rings is 2. The number of fused-ring (bicyclic) bond motifs is 1. The van der Waals surface area contributed by atoms with E-state index in [0.29, 0.717) is 6.04 Å². The normalized spacial score (nSPS) is 18.0. The molecule has 1 nitrogen and oxygen atoms in total. The van der Waals surface area contributed by atoms with Gasteiger partial charge in [0.25, 0.3) is 0 Å². The molecule has 98 valence electrons. The fraction of sp³-hybridized carbons (Fsp3) is 0.333. The molecule has 0 aromatic heterocycles. The summed E-state index contributed by atoms with van der Waals surface area (Å²) < 4.78 is 0. The van der Waals surface area contributed by atoms with E-state index < -0.39 is 0 Å². The maximum absolute atomic E-state index is 3.66. The van der Waals surface area contributed by atoms with Crippen LogP contribution in [0, 0.1) is 0 Å². The summed E-state index contributed by atoms with van der Waals surface area (Å²) >= 11 is 0. The second kappa shape index (κ2) is 6.03. The lowest BCUT2D eigenvalue weighted by molar-refractivity contribution is 0.462. The zero-order valence-electron chi connectivity index (χ0n) is 11.3. The van der Waals surface area contributed by atoms with Gasteiger partial charge in [-0.25, -0.2) is 0 Å². The molecule has 1 aliphatic heterocycles. The number of hydrogen-bond donors (Lipinski definition) is 1. The fourth-order valence-electron chi connectivity index (χ4n) is 3.01. The van der Waals surface area contributed by atoms with E-state index in [0.717, 1.165) is 6.54 Å². The number of aryl methyl sites for hydroxylation is 1. The summed E-state index contributed by atoms with van der Waals surface area (Å²) in [6, 6.07) is 20.2. The Morgan fingerprint density at radius 2 is 1.74 bits per heavy atom. The third kappa shape index (κ3) is 3.05. The molecular formula is C18H21N. The van der Waals surface area contributed by atoms with Gasteiger partial charge in [-0.3, -0.25) is 0 Å². The van der Waals surface area contributed by atoms with Gasteiger partial charge in [0.1, 0.15) is 0 Å². The molecule has 0 saturated heterocycles. The molecule has 1 N–H and O–H groups in total. The third-order valence-corrected chi connectivity index (χ3v) is 4.02. The molecule has 1 atom stereocenters. The predicted molar refractivity (Wildman–Crippen MR) is 80.3 cm³/mol. The van der Waals surface area contributed by atoms with Gasteiger partial charge in [-0.05, 0) is 48.9 Å². The monoisotopic (exact) mass is 251 g/mol. The van der Waals surface area contributed by atoms with E-state index in [4.69, 9.17) is 0 Å². The lowest BCUT2D eigenvalue weighted by atomic mass is 9.91. The summed E-state index contributed by atoms with van der Waals surface area (Å²) in [7, 11) is 0. The molecule has 2 aromatic rings. The highest BCUT2D eigenvalue weighted by Crippen LogP contribution is 2.26. The largest absolute Gasteiger partial charge is 0.310 e. The molecule has 1 heterocycles. The number of hydrogen-bond acceptors (Lipinski definition) is 1. The van der Waals surface area contributed by atoms with Gasteiger partial charge in [0.15, 0.2) is 0 Å². The molecule has 0 saturated carbocycles. The Bertz CT molecular complexity index is 518. The molecule has 0 unspecified atom stereocenters. The van der Waals surface area contributed by atoms with Crippen LogP contribution in [0.4, 0.5) is 0 Å². The van der Waals surface area contributed by atoms with Crippen molar-refractivity contribution in [2.45, 2.75) is 31.7 Å². The highest BCUT2D eigenvalue weighted by Gasteiger charge is 2.18. The first kappa shape index (κ1) is 12.4. The van der Waals surface area contributed by atoms with Crippen molar-refractivity contribution in [1.29, 1.82) is 0 Å². The Labute approximate surface area is 115 Å². The van der Waals surface area contributed by atoms with Gasteiger partial charge in [-0.2, -0.15) is 0 Å². The number of rotatable bonds is 4. The smallest absolute Gasteiger partial charge is 0.0323 e. The summed E-state index contributed by atoms with van der Waals surface area (Å²) in [5.41, 5.74) is 4.50. The van der Waals surface area contributed by atoms with Crippen LogP contribution in [0.3, 0.4) is 0 Å². The van der Waals surface area contributed by atoms with Crippen LogP contribution in [0.5, 0.6) is 0 Å². The van der Waals surface area contributed by atoms with Crippen LogP contribution in [-0.2, 0) is 12.8 Å². The lowest BCUT2D eigenvalue weighted by Gasteiger charge is -2.27. The minimum Gasteiger partial charge on any atom is -0.310 e. The standard InChI is InChI=1S/C18H21N/c1-2-7-15(8-3-1)9-6-12-18-17-11-5-4-10-16(17)13-14-19-18/h1-5,7-8,10-11,18-19H,6,9,12-14H2/t18-/m1/s1. The molecule has 1 aliphatic rings. The first-order valence-electron chi connectivity index (χ1n) is 7.28. The van der Waals surface area contributed by atoms with Crippen LogP contribution in [0.15, 0.2) is 54.6 Å². The van der Waals surface area contributed by atoms with Crippen molar-refractivity contribution in [3.63, 3.8) is 0 Å². The zero-order chi connectivity index (χ0) is 12.9. The van der Waals surface area contributed by atoms with Gasteiger partial charge < -0.3 is 5.32 Å². The van der Waals surface area contributed by atoms with Crippen LogP contribution in [0.1, 0.15) is 35.6 Å². The molecule has 0 amide bonds. The molecule has 1 heteroatoms. The first-order chi connectivity index (χ1) is 9.43. The van der Waals surface area contributed by atoms with Gasteiger partial charge >= 0.3 is 0 Å². The summed E-state index contributed by atoms with van der Waals surface area (Å²) in [4.78, 5) is 0. The Morgan fingerprint density at radius 1 is 0.947 bits per heavy atom. The molecule has 3 rings (SSSR count). The van der Waals surface area contributed by atoms with E-state index in [2.05, 4.69) is 59.9 Å². The maximum atomic E-state index is 3.66. The van der Waals surface area contributed by atoms with Crippen molar-refractivity contribution < 1.29 is 0 Å². The van der Waals surface area contributed by atoms with E-state index >= 15 is 0 Å². The van der Waals surface area contributed by atoms with Gasteiger partial charge in [-0.15, -0.1) is 0 Å². The molecule has 0 spiro atoms. The fourth-order valence-corrected chi connectivity index (χ4v) is 3.01. The average molecular weight is 251 g/mol. The highest BCUT2D eigenvalue weighted by atomic mass is 14.9. The van der Waals surface area contributed by atoms with Crippen LogP contribution in [0.25, 0.3) is 0 Å². The van der Waals surface area contributed by atoms with Crippen LogP contribution < -0.4 is 5.32 Å². The summed E-state index contributed by atoms with van der Waals surface area (Å²) in [5.74, 6) is 0. The second-order valence-electron chi connectivity index (χ2n) is 5.33. The highest BCUT2D eigenvalue weighted by molar-refractivity contribution is 5.32. The summed E-state index contributed by atoms with van der Waals surface area (Å²) in [6.45, 7) is 1.12. The quantitative estimate of drug-likeness (QED) is 0.869. The lowest BCUT2D eigenvalue weighted by Crippen LogP contribution is -2.29. The van der Waals surface area contributed by atoms with Crippen LogP contribution in [0.2, 0.25) is 0 Å². The van der Waals surface area contributed by atoms with Crippen molar-refractivity contribution in [1.82, 2.24) is 5.32 Å². The minimum atomic E-state index is 0.550. The maximum Gasteiger partial charge on any atom is 0.0323 e. The van der Waals surface area contributed by atoms with E-state index in [1.807, 2.05) is 0 Å². The molecule has 0 bridgehead atoms. The SMILES string of the molecule is c1ccc(CCC[C@H]2NCCc3ccccc32)cc1. The van der Waals surface area contributed by atoms with Gasteiger partial charge in [-0.1, -0.05) is 54.6 Å². The molecular weight excluding hydrogens is 230 g/mol. The van der Waals surface area contributed by atoms with Gasteiger partial charge in [0, 0.05) is 6.04 Å². The van der Waals surface area contributed by atoms with E-state index in [1.165, 1.54) is 42.4 Å². The molecule has 0 fully saturated rings. The van der Waals surface area contributed by atoms with Crippen LogP contribution in [-0.4, -0.2) is 6.54 Å². The average Bonchev–Trinajstić information content (AvgIpc) is 2.49. The van der Waals surface area contributed by atoms with Crippen molar-refractivity contribution in [3.05, 3.63) is 71.3 Å². The van der Waals surface area contributed by atoms with Crippen molar-refractivity contribution in [2.24, 2.45) is 0 Å². The Hall–Kier alpha value is -1.60. The van der Waals surface area contributed by atoms with Crippen molar-refractivity contribution in [3.8, 4) is 0 Å². The topological polar surface area (TPSA) is 12.0 Å². The first-order valence-corrected chi connectivity index (χ1v) is 7.28. The predicted octanol–water partition coefficient (Wildman–Crippen LogP) is 3.90. The zero-order valence-corrected chi connectivity index (χ0v) is 11.3. The molecule has 19 heavy (non-hydrogen) atoms. The summed E-state index contributed by atoms with van der Waals surface area (Å²) in [5, 5.41) is 3.66. The van der Waals surface area contributed by atoms with E-state index in [-0.39, 0.29) is 0 Å². The van der Waals surface area contributed by atoms with Gasteiger partial charge in [0.05, 0.1) is 0 Å². The van der Waals surface area contributed by atoms with E-state index in [1.54, 1.807) is 0 Å². The third-order valence-electron chi connectivity index (χ3n) is 4.02. The van der Waals surface area contributed by atoms with E-state index in [9.17, 15) is 0 Å². The van der Waals surface area contributed by atoms with Gasteiger partial charge in [0.2, 0.25) is 0 Å². The molecule has 0 aliphatic carbocycles. The number of nitrogens with one attached hydrogen (secondary N) is 1. The Morgan fingerprint density at radius 3 is 2.63 bits per heavy atom.